The lowest BCUT2D eigenvalue weighted by molar-refractivity contribution is -0.166. The molecule has 0 rings (SSSR count). The molecule has 69 heavy (non-hydrogen) atoms. The minimum atomic E-state index is -0.834. The molecular formula is C63H98O6. The maximum atomic E-state index is 12.8. The minimum Gasteiger partial charge on any atom is -0.462 e. The Kier molecular flexibility index (Phi) is 52.1. The lowest BCUT2D eigenvalue weighted by atomic mass is 10.1. The van der Waals surface area contributed by atoms with E-state index in [0.717, 1.165) is 128 Å². The average Bonchev–Trinajstić information content (AvgIpc) is 3.35. The molecule has 0 saturated heterocycles. The van der Waals surface area contributed by atoms with Crippen LogP contribution in [-0.4, -0.2) is 37.2 Å². The van der Waals surface area contributed by atoms with Crippen LogP contribution in [0.3, 0.4) is 0 Å². The molecule has 0 saturated carbocycles. The van der Waals surface area contributed by atoms with Crippen LogP contribution in [0.5, 0.6) is 0 Å². The summed E-state index contributed by atoms with van der Waals surface area (Å²) >= 11 is 0. The van der Waals surface area contributed by atoms with Crippen LogP contribution in [0.15, 0.2) is 146 Å². The molecule has 1 atom stereocenters. The van der Waals surface area contributed by atoms with E-state index in [1.807, 2.05) is 12.2 Å². The number of allylic oxidation sites excluding steroid dienone is 24. The van der Waals surface area contributed by atoms with Crippen LogP contribution in [0.2, 0.25) is 0 Å². The second kappa shape index (κ2) is 55.9. The Morgan fingerprint density at radius 2 is 0.594 bits per heavy atom. The SMILES string of the molecule is CC/C=C\C/C=C\C/C=C\C/C=C\C/C=C\CCCCCC(=O)OCC(COC(=O)CC/C=C\C/C=C\C/C=C\C/C=C\CC)OC(=O)CCCCCCCC/C=C\C/C=C\C/C=C\CCCCC. The molecule has 0 spiro atoms. The van der Waals surface area contributed by atoms with Gasteiger partial charge < -0.3 is 14.2 Å². The second-order valence-corrected chi connectivity index (χ2v) is 17.4. The second-order valence-electron chi connectivity index (χ2n) is 17.4. The van der Waals surface area contributed by atoms with E-state index in [1.165, 1.54) is 38.5 Å². The van der Waals surface area contributed by atoms with Crippen LogP contribution in [0.1, 0.15) is 213 Å². The summed E-state index contributed by atoms with van der Waals surface area (Å²) < 4.78 is 16.7. The van der Waals surface area contributed by atoms with Gasteiger partial charge in [0.1, 0.15) is 13.2 Å². The van der Waals surface area contributed by atoms with Gasteiger partial charge in [-0.2, -0.15) is 0 Å². The summed E-state index contributed by atoms with van der Waals surface area (Å²) in [6.07, 6.45) is 79.9. The van der Waals surface area contributed by atoms with Gasteiger partial charge in [-0.05, 0) is 128 Å². The van der Waals surface area contributed by atoms with Gasteiger partial charge in [0.15, 0.2) is 6.10 Å². The van der Waals surface area contributed by atoms with Gasteiger partial charge >= 0.3 is 17.9 Å². The zero-order valence-corrected chi connectivity index (χ0v) is 44.0. The maximum Gasteiger partial charge on any atom is 0.306 e. The monoisotopic (exact) mass is 951 g/mol. The van der Waals surface area contributed by atoms with Gasteiger partial charge in [-0.25, -0.2) is 0 Å². The number of rotatable bonds is 47. The normalized spacial score (nSPS) is 13.3. The average molecular weight is 951 g/mol. The Labute approximate surface area is 423 Å². The third-order valence-corrected chi connectivity index (χ3v) is 10.8. The van der Waals surface area contributed by atoms with E-state index in [4.69, 9.17) is 14.2 Å². The van der Waals surface area contributed by atoms with Crippen molar-refractivity contribution in [2.24, 2.45) is 0 Å². The zero-order valence-electron chi connectivity index (χ0n) is 44.0. The van der Waals surface area contributed by atoms with Gasteiger partial charge in [0.25, 0.3) is 0 Å². The number of hydrogen-bond acceptors (Lipinski definition) is 6. The smallest absolute Gasteiger partial charge is 0.306 e. The van der Waals surface area contributed by atoms with Crippen LogP contribution in [0.25, 0.3) is 0 Å². The Morgan fingerprint density at radius 3 is 0.986 bits per heavy atom. The van der Waals surface area contributed by atoms with Gasteiger partial charge in [-0.3, -0.25) is 14.4 Å². The molecule has 0 aliphatic heterocycles. The number of esters is 3. The number of ether oxygens (including phenoxy) is 3. The van der Waals surface area contributed by atoms with E-state index in [2.05, 4.69) is 154 Å². The summed E-state index contributed by atoms with van der Waals surface area (Å²) in [7, 11) is 0. The topological polar surface area (TPSA) is 78.9 Å². The molecule has 1 unspecified atom stereocenters. The molecule has 6 nitrogen and oxygen atoms in total. The molecule has 0 fully saturated rings. The Hall–Kier alpha value is -4.71. The lowest BCUT2D eigenvalue weighted by Crippen LogP contribution is -2.30. The minimum absolute atomic E-state index is 0.129. The van der Waals surface area contributed by atoms with Crippen LogP contribution >= 0.6 is 0 Å². The maximum absolute atomic E-state index is 12.8. The van der Waals surface area contributed by atoms with Crippen molar-refractivity contribution in [2.45, 2.75) is 219 Å². The quantitative estimate of drug-likeness (QED) is 0.0262. The van der Waals surface area contributed by atoms with Crippen molar-refractivity contribution in [1.29, 1.82) is 0 Å². The molecule has 0 amide bonds. The lowest BCUT2D eigenvalue weighted by Gasteiger charge is -2.18. The van der Waals surface area contributed by atoms with Gasteiger partial charge in [0.05, 0.1) is 0 Å². The van der Waals surface area contributed by atoms with E-state index >= 15 is 0 Å². The molecule has 0 aromatic rings. The molecule has 0 radical (unpaired) electrons. The summed E-state index contributed by atoms with van der Waals surface area (Å²) in [5, 5.41) is 0. The molecule has 0 aliphatic carbocycles. The third-order valence-electron chi connectivity index (χ3n) is 10.8. The predicted molar refractivity (Wildman–Crippen MR) is 297 cm³/mol. The van der Waals surface area contributed by atoms with Crippen molar-refractivity contribution in [1.82, 2.24) is 0 Å². The standard InChI is InChI=1S/C63H98O6/c1-4-7-10-13-16-19-22-25-27-29-31-33-35-38-41-44-47-50-53-56-62(65)68-59-60(58-67-61(64)55-52-49-46-43-40-37-24-21-18-15-12-9-6-3)69-63(66)57-54-51-48-45-42-39-36-34-32-30-28-26-23-20-17-14-11-8-5-2/h7,9-10,12,16-21,25-28,31-34,37-38,40-41,46,49,60H,4-6,8,11,13-15,22-24,29-30,35-36,39,42-45,47-48,50-59H2,1-3H3/b10-7-,12-9-,19-16-,20-17-,21-18-,27-25-,28-26-,33-31-,34-32-,40-37-,41-38-,49-46-. The van der Waals surface area contributed by atoms with E-state index in [9.17, 15) is 14.4 Å². The highest BCUT2D eigenvalue weighted by molar-refractivity contribution is 5.71. The first-order chi connectivity index (χ1) is 34.0. The fourth-order valence-corrected chi connectivity index (χ4v) is 6.78. The summed E-state index contributed by atoms with van der Waals surface area (Å²) in [5.74, 6) is -1.06. The molecule has 0 aromatic carbocycles. The Balaban J connectivity index is 4.56. The van der Waals surface area contributed by atoms with Gasteiger partial charge in [0.2, 0.25) is 0 Å². The molecule has 0 bridgehead atoms. The number of hydrogen-bond donors (Lipinski definition) is 0. The fraction of sp³-hybridized carbons (Fsp3) is 0.571. The zero-order chi connectivity index (χ0) is 50.0. The van der Waals surface area contributed by atoms with Crippen molar-refractivity contribution in [3.8, 4) is 0 Å². The van der Waals surface area contributed by atoms with Crippen molar-refractivity contribution >= 4 is 17.9 Å². The number of carbonyl (C=O) groups is 3. The van der Waals surface area contributed by atoms with Crippen molar-refractivity contribution in [3.05, 3.63) is 146 Å². The fourth-order valence-electron chi connectivity index (χ4n) is 6.78. The van der Waals surface area contributed by atoms with E-state index in [-0.39, 0.29) is 44.0 Å². The first kappa shape index (κ1) is 64.3. The van der Waals surface area contributed by atoms with Gasteiger partial charge in [-0.15, -0.1) is 0 Å². The van der Waals surface area contributed by atoms with Gasteiger partial charge in [-0.1, -0.05) is 212 Å². The van der Waals surface area contributed by atoms with E-state index in [1.54, 1.807) is 0 Å². The molecule has 6 heteroatoms. The molecule has 386 valence electrons. The molecular weight excluding hydrogens is 853 g/mol. The van der Waals surface area contributed by atoms with Crippen molar-refractivity contribution in [2.75, 3.05) is 13.2 Å². The van der Waals surface area contributed by atoms with Crippen LogP contribution in [-0.2, 0) is 28.6 Å². The van der Waals surface area contributed by atoms with Crippen molar-refractivity contribution in [3.63, 3.8) is 0 Å². The van der Waals surface area contributed by atoms with Gasteiger partial charge in [0, 0.05) is 19.3 Å². The number of unbranched alkanes of at least 4 members (excludes halogenated alkanes) is 12. The first-order valence-electron chi connectivity index (χ1n) is 27.3. The Morgan fingerprint density at radius 1 is 0.304 bits per heavy atom. The molecule has 0 N–H and O–H groups in total. The molecule has 0 heterocycles. The third kappa shape index (κ3) is 54.1. The first-order valence-corrected chi connectivity index (χ1v) is 27.3. The van der Waals surface area contributed by atoms with Crippen molar-refractivity contribution < 1.29 is 28.6 Å². The van der Waals surface area contributed by atoms with Crippen LogP contribution < -0.4 is 0 Å². The van der Waals surface area contributed by atoms with E-state index < -0.39 is 6.10 Å². The highest BCUT2D eigenvalue weighted by Crippen LogP contribution is 2.12. The largest absolute Gasteiger partial charge is 0.462 e. The van der Waals surface area contributed by atoms with E-state index in [0.29, 0.717) is 12.8 Å². The summed E-state index contributed by atoms with van der Waals surface area (Å²) in [4.78, 5) is 38.1. The predicted octanol–water partition coefficient (Wildman–Crippen LogP) is 18.4. The summed E-state index contributed by atoms with van der Waals surface area (Å²) in [5.41, 5.74) is 0. The number of carbonyl (C=O) groups excluding carboxylic acids is 3. The molecule has 0 aromatic heterocycles. The Bertz CT molecular complexity index is 1560. The highest BCUT2D eigenvalue weighted by Gasteiger charge is 2.19. The highest BCUT2D eigenvalue weighted by atomic mass is 16.6. The van der Waals surface area contributed by atoms with Crippen LogP contribution in [0, 0.1) is 0 Å². The summed E-state index contributed by atoms with van der Waals surface area (Å²) in [6.45, 7) is 6.26. The van der Waals surface area contributed by atoms with Crippen LogP contribution in [0.4, 0.5) is 0 Å². The summed E-state index contributed by atoms with van der Waals surface area (Å²) in [6, 6.07) is 0. The molecule has 0 aliphatic rings.